The van der Waals surface area contributed by atoms with E-state index in [1.54, 1.807) is 23.0 Å². The average molecular weight is 384 g/mol. The number of carbonyl (C=O) groups excluding carboxylic acids is 1. The standard InChI is InChI=1S/C18H20F4N4O/c19-15-5-3-14(4-6-15)16-12-26(24-23-16)11-13-2-1-9-25(10-13)17(27)7-8-18(20,21)22/h3-6,12-13H,1-2,7-11H2. The quantitative estimate of drug-likeness (QED) is 0.740. The Balaban J connectivity index is 1.56. The highest BCUT2D eigenvalue weighted by atomic mass is 19.4. The number of aromatic nitrogens is 3. The van der Waals surface area contributed by atoms with Crippen LogP contribution in [0.3, 0.4) is 0 Å². The fourth-order valence-electron chi connectivity index (χ4n) is 3.25. The van der Waals surface area contributed by atoms with Gasteiger partial charge in [-0.3, -0.25) is 9.48 Å². The van der Waals surface area contributed by atoms with Gasteiger partial charge in [-0.15, -0.1) is 5.10 Å². The molecule has 5 nitrogen and oxygen atoms in total. The van der Waals surface area contributed by atoms with E-state index in [1.165, 1.54) is 17.0 Å². The largest absolute Gasteiger partial charge is 0.389 e. The Morgan fingerprint density at radius 2 is 1.96 bits per heavy atom. The summed E-state index contributed by atoms with van der Waals surface area (Å²) in [5, 5.41) is 8.15. The maximum atomic E-state index is 13.0. The molecule has 1 saturated heterocycles. The van der Waals surface area contributed by atoms with Gasteiger partial charge in [0, 0.05) is 31.6 Å². The van der Waals surface area contributed by atoms with E-state index in [9.17, 15) is 22.4 Å². The van der Waals surface area contributed by atoms with Crippen LogP contribution in [0.1, 0.15) is 25.7 Å². The number of hydrogen-bond donors (Lipinski definition) is 0. The summed E-state index contributed by atoms with van der Waals surface area (Å²) in [6.45, 7) is 1.44. The third-order valence-corrected chi connectivity index (χ3v) is 4.62. The van der Waals surface area contributed by atoms with Crippen LogP contribution in [0, 0.1) is 11.7 Å². The molecule has 2 heterocycles. The molecule has 3 rings (SSSR count). The van der Waals surface area contributed by atoms with Gasteiger partial charge in [-0.05, 0) is 43.0 Å². The first kappa shape index (κ1) is 19.3. The molecule has 146 valence electrons. The predicted octanol–water partition coefficient (Wildman–Crippen LogP) is 3.67. The molecule has 0 aliphatic carbocycles. The second-order valence-corrected chi connectivity index (χ2v) is 6.80. The maximum Gasteiger partial charge on any atom is 0.389 e. The van der Waals surface area contributed by atoms with Crippen LogP contribution < -0.4 is 0 Å². The number of nitrogens with zero attached hydrogens (tertiary/aromatic N) is 4. The van der Waals surface area contributed by atoms with E-state index in [0.29, 0.717) is 25.3 Å². The smallest absolute Gasteiger partial charge is 0.342 e. The number of benzene rings is 1. The van der Waals surface area contributed by atoms with E-state index in [0.717, 1.165) is 18.4 Å². The lowest BCUT2D eigenvalue weighted by atomic mass is 9.97. The van der Waals surface area contributed by atoms with Crippen molar-refractivity contribution >= 4 is 5.91 Å². The second kappa shape index (κ2) is 8.06. The second-order valence-electron chi connectivity index (χ2n) is 6.80. The van der Waals surface area contributed by atoms with E-state index >= 15 is 0 Å². The minimum Gasteiger partial charge on any atom is -0.342 e. The minimum atomic E-state index is -4.32. The van der Waals surface area contributed by atoms with Crippen LogP contribution in [0.15, 0.2) is 30.5 Å². The van der Waals surface area contributed by atoms with Gasteiger partial charge in [-0.1, -0.05) is 5.21 Å². The fourth-order valence-corrected chi connectivity index (χ4v) is 3.25. The molecule has 0 bridgehead atoms. The summed E-state index contributed by atoms with van der Waals surface area (Å²) in [4.78, 5) is 13.5. The molecule has 0 spiro atoms. The van der Waals surface area contributed by atoms with Crippen LogP contribution in [0.25, 0.3) is 11.3 Å². The van der Waals surface area contributed by atoms with Crippen LogP contribution in [-0.2, 0) is 11.3 Å². The zero-order valence-electron chi connectivity index (χ0n) is 14.6. The lowest BCUT2D eigenvalue weighted by Crippen LogP contribution is -2.41. The van der Waals surface area contributed by atoms with Crippen molar-refractivity contribution < 1.29 is 22.4 Å². The molecule has 1 unspecified atom stereocenters. The first-order chi connectivity index (χ1) is 12.8. The van der Waals surface area contributed by atoms with Crippen molar-refractivity contribution in [2.24, 2.45) is 5.92 Å². The van der Waals surface area contributed by atoms with Gasteiger partial charge in [-0.25, -0.2) is 4.39 Å². The van der Waals surface area contributed by atoms with Gasteiger partial charge in [-0.2, -0.15) is 13.2 Å². The molecule has 0 N–H and O–H groups in total. The monoisotopic (exact) mass is 384 g/mol. The third kappa shape index (κ3) is 5.51. The Labute approximate surface area is 154 Å². The van der Waals surface area contributed by atoms with Crippen molar-refractivity contribution in [1.82, 2.24) is 19.9 Å². The zero-order chi connectivity index (χ0) is 19.4. The molecule has 0 saturated carbocycles. The van der Waals surface area contributed by atoms with E-state index in [1.807, 2.05) is 0 Å². The topological polar surface area (TPSA) is 51.0 Å². The highest BCUT2D eigenvalue weighted by molar-refractivity contribution is 5.76. The number of likely N-dealkylation sites (tertiary alicyclic amines) is 1. The number of alkyl halides is 3. The van der Waals surface area contributed by atoms with Gasteiger partial charge in [0.25, 0.3) is 0 Å². The van der Waals surface area contributed by atoms with Gasteiger partial charge in [0.15, 0.2) is 0 Å². The van der Waals surface area contributed by atoms with Gasteiger partial charge in [0.2, 0.25) is 5.91 Å². The third-order valence-electron chi connectivity index (χ3n) is 4.62. The Morgan fingerprint density at radius 3 is 2.67 bits per heavy atom. The minimum absolute atomic E-state index is 0.108. The Bertz CT molecular complexity index is 772. The van der Waals surface area contributed by atoms with Gasteiger partial charge >= 0.3 is 6.18 Å². The SMILES string of the molecule is O=C(CCC(F)(F)F)N1CCCC(Cn2cc(-c3ccc(F)cc3)nn2)C1. The predicted molar refractivity (Wildman–Crippen MR) is 90.0 cm³/mol. The fraction of sp³-hybridized carbons (Fsp3) is 0.500. The molecule has 9 heteroatoms. The number of hydrogen-bond acceptors (Lipinski definition) is 3. The molecule has 0 radical (unpaired) electrons. The van der Waals surface area contributed by atoms with Crippen molar-refractivity contribution in [2.75, 3.05) is 13.1 Å². The number of halogens is 4. The number of carbonyl (C=O) groups is 1. The summed E-state index contributed by atoms with van der Waals surface area (Å²) in [5.74, 6) is -0.678. The van der Waals surface area contributed by atoms with Crippen molar-refractivity contribution in [3.05, 3.63) is 36.3 Å². The lowest BCUT2D eigenvalue weighted by molar-refractivity contribution is -0.150. The molecule has 27 heavy (non-hydrogen) atoms. The molecule has 1 aromatic heterocycles. The van der Waals surface area contributed by atoms with Crippen LogP contribution in [0.4, 0.5) is 17.6 Å². The summed E-state index contributed by atoms with van der Waals surface area (Å²) >= 11 is 0. The lowest BCUT2D eigenvalue weighted by Gasteiger charge is -2.32. The molecule has 1 fully saturated rings. The van der Waals surface area contributed by atoms with Gasteiger partial charge < -0.3 is 4.90 Å². The number of rotatable bonds is 5. The normalized spacial score (nSPS) is 17.9. The average Bonchev–Trinajstić information content (AvgIpc) is 3.08. The highest BCUT2D eigenvalue weighted by Gasteiger charge is 2.30. The number of amides is 1. The number of piperidine rings is 1. The van der Waals surface area contributed by atoms with Gasteiger partial charge in [0.1, 0.15) is 11.5 Å². The Morgan fingerprint density at radius 1 is 1.22 bits per heavy atom. The molecular weight excluding hydrogens is 364 g/mol. The molecule has 1 amide bonds. The van der Waals surface area contributed by atoms with E-state index in [-0.39, 0.29) is 11.7 Å². The van der Waals surface area contributed by atoms with Crippen LogP contribution >= 0.6 is 0 Å². The van der Waals surface area contributed by atoms with Crippen molar-refractivity contribution in [3.63, 3.8) is 0 Å². The maximum absolute atomic E-state index is 13.0. The Kier molecular flexibility index (Phi) is 5.76. The highest BCUT2D eigenvalue weighted by Crippen LogP contribution is 2.24. The van der Waals surface area contributed by atoms with E-state index in [4.69, 9.17) is 0 Å². The summed E-state index contributed by atoms with van der Waals surface area (Å²) in [6, 6.07) is 5.93. The van der Waals surface area contributed by atoms with Crippen molar-refractivity contribution in [3.8, 4) is 11.3 Å². The first-order valence-corrected chi connectivity index (χ1v) is 8.81. The molecule has 1 atom stereocenters. The molecular formula is C18H20F4N4O. The van der Waals surface area contributed by atoms with Crippen LogP contribution in [0.2, 0.25) is 0 Å². The molecule has 1 aliphatic rings. The zero-order valence-corrected chi connectivity index (χ0v) is 14.6. The molecule has 1 aromatic carbocycles. The van der Waals surface area contributed by atoms with Gasteiger partial charge in [0.05, 0.1) is 12.6 Å². The van der Waals surface area contributed by atoms with Crippen molar-refractivity contribution in [2.45, 2.75) is 38.4 Å². The van der Waals surface area contributed by atoms with Crippen molar-refractivity contribution in [1.29, 1.82) is 0 Å². The summed E-state index contributed by atoms with van der Waals surface area (Å²) in [7, 11) is 0. The van der Waals surface area contributed by atoms with E-state index < -0.39 is 24.9 Å². The first-order valence-electron chi connectivity index (χ1n) is 8.81. The summed E-state index contributed by atoms with van der Waals surface area (Å²) < 4.78 is 51.6. The van der Waals surface area contributed by atoms with Crippen LogP contribution in [-0.4, -0.2) is 45.1 Å². The molecule has 2 aromatic rings. The Hall–Kier alpha value is -2.45. The molecule has 1 aliphatic heterocycles. The van der Waals surface area contributed by atoms with Crippen LogP contribution in [0.5, 0.6) is 0 Å². The summed E-state index contributed by atoms with van der Waals surface area (Å²) in [5.41, 5.74) is 1.36. The van der Waals surface area contributed by atoms with E-state index in [2.05, 4.69) is 10.3 Å². The summed E-state index contributed by atoms with van der Waals surface area (Å²) in [6.07, 6.45) is -2.54.